The lowest BCUT2D eigenvalue weighted by molar-refractivity contribution is 0.325. The second-order valence-corrected chi connectivity index (χ2v) is 4.87. The monoisotopic (exact) mass is 238 g/mol. The molecule has 0 nitrogen and oxygen atoms in total. The van der Waals surface area contributed by atoms with E-state index in [9.17, 15) is 0 Å². The van der Waals surface area contributed by atoms with Crippen LogP contribution in [0.4, 0.5) is 0 Å². The zero-order valence-electron chi connectivity index (χ0n) is 10.9. The minimum atomic E-state index is 0. The highest BCUT2D eigenvalue weighted by atomic mass is 14.3. The summed E-state index contributed by atoms with van der Waals surface area (Å²) in [7, 11) is 0. The minimum absolute atomic E-state index is 0. The van der Waals surface area contributed by atoms with E-state index >= 15 is 0 Å². The molecule has 0 N–H and O–H groups in total. The normalized spacial score (nSPS) is 22.0. The molecule has 0 atom stereocenters. The van der Waals surface area contributed by atoms with Crippen molar-refractivity contribution in [3.8, 4) is 0 Å². The fourth-order valence-electron chi connectivity index (χ4n) is 1.83. The summed E-state index contributed by atoms with van der Waals surface area (Å²) in [4.78, 5) is 0. The van der Waals surface area contributed by atoms with Gasteiger partial charge < -0.3 is 0 Å². The highest BCUT2D eigenvalue weighted by molar-refractivity contribution is 5.15. The zero-order valence-corrected chi connectivity index (χ0v) is 10.9. The molecule has 0 aromatic carbocycles. The molecule has 1 aliphatic carbocycles. The smallest absolute Gasteiger partial charge is 0.0143 e. The summed E-state index contributed by atoms with van der Waals surface area (Å²) in [5.41, 5.74) is 3.62. The van der Waals surface area contributed by atoms with Crippen LogP contribution in [0.1, 0.15) is 68.2 Å². The summed E-state index contributed by atoms with van der Waals surface area (Å²) >= 11 is 0. The first-order chi connectivity index (χ1) is 6.99. The Morgan fingerprint density at radius 2 is 1.47 bits per heavy atom. The van der Waals surface area contributed by atoms with E-state index in [1.807, 2.05) is 6.92 Å². The fraction of sp³-hybridized carbons (Fsp3) is 0.647. The summed E-state index contributed by atoms with van der Waals surface area (Å²) in [6.45, 7) is 15.9. The third-order valence-electron chi connectivity index (χ3n) is 3.20. The first-order valence-electron chi connectivity index (χ1n) is 5.85. The first kappa shape index (κ1) is 21.5. The lowest BCUT2D eigenvalue weighted by atomic mass is 9.73. The van der Waals surface area contributed by atoms with E-state index in [0.717, 1.165) is 0 Å². The summed E-state index contributed by atoms with van der Waals surface area (Å²) in [6.07, 6.45) is 9.03. The minimum Gasteiger partial charge on any atom is -0.103 e. The molecule has 0 amide bonds. The van der Waals surface area contributed by atoms with Gasteiger partial charge in [-0.2, -0.15) is 0 Å². The molecule has 1 aliphatic rings. The molecule has 0 saturated heterocycles. The molecule has 0 aliphatic heterocycles. The lowest BCUT2D eigenvalue weighted by Crippen LogP contribution is -2.18. The van der Waals surface area contributed by atoms with Gasteiger partial charge in [0.1, 0.15) is 0 Å². The van der Waals surface area contributed by atoms with Gasteiger partial charge in [-0.3, -0.25) is 0 Å². The Hall–Kier alpha value is -0.780. The Labute approximate surface area is 111 Å². The van der Waals surface area contributed by atoms with Crippen molar-refractivity contribution in [3.05, 3.63) is 36.5 Å². The van der Waals surface area contributed by atoms with Gasteiger partial charge in [0.05, 0.1) is 0 Å². The molecule has 0 heteroatoms. The van der Waals surface area contributed by atoms with Crippen LogP contribution in [0.2, 0.25) is 0 Å². The van der Waals surface area contributed by atoms with Crippen molar-refractivity contribution in [1.82, 2.24) is 0 Å². The fourth-order valence-corrected chi connectivity index (χ4v) is 1.83. The average molecular weight is 238 g/mol. The van der Waals surface area contributed by atoms with Crippen molar-refractivity contribution in [2.75, 3.05) is 0 Å². The van der Waals surface area contributed by atoms with Gasteiger partial charge in [-0.15, -0.1) is 13.2 Å². The van der Waals surface area contributed by atoms with Crippen LogP contribution in [-0.4, -0.2) is 0 Å². The van der Waals surface area contributed by atoms with E-state index in [1.165, 1.54) is 31.3 Å². The molecule has 1 saturated carbocycles. The maximum absolute atomic E-state index is 3.91. The number of hydrogen-bond acceptors (Lipinski definition) is 0. The Bertz CT molecular complexity index is 229. The van der Waals surface area contributed by atoms with Crippen LogP contribution in [0.25, 0.3) is 0 Å². The van der Waals surface area contributed by atoms with Gasteiger partial charge >= 0.3 is 0 Å². The van der Waals surface area contributed by atoms with Crippen LogP contribution in [0.15, 0.2) is 36.5 Å². The quantitative estimate of drug-likeness (QED) is 0.454. The Kier molecular flexibility index (Phi) is 13.1. The highest BCUT2D eigenvalue weighted by Crippen LogP contribution is 2.39. The Balaban J connectivity index is -0.000000356. The number of rotatable bonds is 1. The molecule has 1 fully saturated rings. The summed E-state index contributed by atoms with van der Waals surface area (Å²) in [5.74, 6) is 0. The lowest BCUT2D eigenvalue weighted by Gasteiger charge is -2.32. The standard InChI is InChI=1S/C12H20.C3H6.2CH4/c1-5-12(4)8-6-11(7-9-12)10(2)3;1-3-2;;/h5H,1,6-9H2,2-4H3;3H,1H2,2H3;2*1H4. The van der Waals surface area contributed by atoms with Crippen LogP contribution in [0.3, 0.4) is 0 Å². The third-order valence-corrected chi connectivity index (χ3v) is 3.20. The van der Waals surface area contributed by atoms with Crippen LogP contribution < -0.4 is 0 Å². The predicted molar refractivity (Wildman–Crippen MR) is 84.5 cm³/mol. The zero-order chi connectivity index (χ0) is 11.9. The van der Waals surface area contributed by atoms with Crippen LogP contribution in [-0.2, 0) is 0 Å². The van der Waals surface area contributed by atoms with Gasteiger partial charge in [0.15, 0.2) is 0 Å². The van der Waals surface area contributed by atoms with Crippen molar-refractivity contribution >= 4 is 0 Å². The van der Waals surface area contributed by atoms with Crippen LogP contribution >= 0.6 is 0 Å². The largest absolute Gasteiger partial charge is 0.103 e. The van der Waals surface area contributed by atoms with E-state index in [4.69, 9.17) is 0 Å². The molecule has 0 heterocycles. The maximum atomic E-state index is 3.91. The summed E-state index contributed by atoms with van der Waals surface area (Å²) in [5, 5.41) is 0. The molecule has 0 aromatic heterocycles. The third kappa shape index (κ3) is 8.01. The average Bonchev–Trinajstić information content (AvgIpc) is 2.20. The van der Waals surface area contributed by atoms with E-state index in [0.29, 0.717) is 5.41 Å². The topological polar surface area (TPSA) is 0 Å². The molecule has 0 bridgehead atoms. The SMILES string of the molecule is C.C.C=CC.C=CC1(C)CCC(=C(C)C)CC1. The van der Waals surface area contributed by atoms with Crippen molar-refractivity contribution in [3.63, 3.8) is 0 Å². The molecule has 17 heavy (non-hydrogen) atoms. The molecule has 1 rings (SSSR count). The molecule has 102 valence electrons. The van der Waals surface area contributed by atoms with E-state index in [2.05, 4.69) is 40.0 Å². The molecule has 0 unspecified atom stereocenters. The molecule has 0 radical (unpaired) electrons. The van der Waals surface area contributed by atoms with Crippen molar-refractivity contribution < 1.29 is 0 Å². The Morgan fingerprint density at radius 3 is 1.71 bits per heavy atom. The Morgan fingerprint density at radius 1 is 1.12 bits per heavy atom. The predicted octanol–water partition coefficient (Wildman–Crippen LogP) is 6.55. The van der Waals surface area contributed by atoms with Crippen LogP contribution in [0.5, 0.6) is 0 Å². The van der Waals surface area contributed by atoms with Gasteiger partial charge in [0, 0.05) is 0 Å². The summed E-state index contributed by atoms with van der Waals surface area (Å²) in [6, 6.07) is 0. The molecular formula is C17H34. The maximum Gasteiger partial charge on any atom is -0.0143 e. The van der Waals surface area contributed by atoms with Gasteiger partial charge in [-0.1, -0.05) is 45.1 Å². The van der Waals surface area contributed by atoms with Gasteiger partial charge in [0.25, 0.3) is 0 Å². The van der Waals surface area contributed by atoms with Crippen molar-refractivity contribution in [1.29, 1.82) is 0 Å². The second-order valence-electron chi connectivity index (χ2n) is 4.87. The van der Waals surface area contributed by atoms with Crippen molar-refractivity contribution in [2.45, 2.75) is 68.2 Å². The number of allylic oxidation sites excluding steroid dienone is 4. The van der Waals surface area contributed by atoms with Crippen molar-refractivity contribution in [2.24, 2.45) is 5.41 Å². The van der Waals surface area contributed by atoms with Gasteiger partial charge in [-0.05, 0) is 51.9 Å². The van der Waals surface area contributed by atoms with Gasteiger partial charge in [-0.25, -0.2) is 0 Å². The van der Waals surface area contributed by atoms with E-state index in [1.54, 1.807) is 11.6 Å². The molecule has 0 spiro atoms. The summed E-state index contributed by atoms with van der Waals surface area (Å²) < 4.78 is 0. The second kappa shape index (κ2) is 10.4. The van der Waals surface area contributed by atoms with Gasteiger partial charge in [0.2, 0.25) is 0 Å². The van der Waals surface area contributed by atoms with Crippen LogP contribution in [0, 0.1) is 5.41 Å². The number of hydrogen-bond donors (Lipinski definition) is 0. The van der Waals surface area contributed by atoms with E-state index < -0.39 is 0 Å². The first-order valence-corrected chi connectivity index (χ1v) is 5.85. The molecule has 0 aromatic rings. The molecular weight excluding hydrogens is 204 g/mol. The van der Waals surface area contributed by atoms with E-state index in [-0.39, 0.29) is 14.9 Å². The highest BCUT2D eigenvalue weighted by Gasteiger charge is 2.25.